The molecule has 0 heterocycles. The molecule has 1 aliphatic rings. The van der Waals surface area contributed by atoms with Gasteiger partial charge in [0.05, 0.1) is 5.25 Å². The van der Waals surface area contributed by atoms with Gasteiger partial charge in [-0.15, -0.1) is 0 Å². The third-order valence-electron chi connectivity index (χ3n) is 3.57. The van der Waals surface area contributed by atoms with E-state index >= 15 is 0 Å². The Balaban J connectivity index is 2.39. The summed E-state index contributed by atoms with van der Waals surface area (Å²) in [7, 11) is -3.15. The van der Waals surface area contributed by atoms with Gasteiger partial charge in [0.25, 0.3) is 0 Å². The molecule has 0 saturated heterocycles. The molecule has 0 aromatic rings. The van der Waals surface area contributed by atoms with E-state index in [-0.39, 0.29) is 10.7 Å². The topological polar surface area (TPSA) is 58.2 Å². The second kappa shape index (κ2) is 5.47. The first kappa shape index (κ1) is 13.9. The fourth-order valence-electron chi connectivity index (χ4n) is 1.69. The van der Waals surface area contributed by atoms with E-state index in [4.69, 9.17) is 0 Å². The molecule has 0 amide bonds. The lowest BCUT2D eigenvalue weighted by molar-refractivity contribution is 0.472. The van der Waals surface area contributed by atoms with Crippen molar-refractivity contribution >= 4 is 10.0 Å². The van der Waals surface area contributed by atoms with Crippen LogP contribution in [0.15, 0.2) is 0 Å². The van der Waals surface area contributed by atoms with Crippen molar-refractivity contribution in [1.29, 1.82) is 0 Å². The van der Waals surface area contributed by atoms with Gasteiger partial charge in [-0.05, 0) is 38.1 Å². The SMILES string of the molecule is CCNCC(C)S(=O)(=O)NCC1(CC)CC1. The van der Waals surface area contributed by atoms with Crippen LogP contribution in [0.2, 0.25) is 0 Å². The average Bonchev–Trinajstić information content (AvgIpc) is 3.04. The summed E-state index contributed by atoms with van der Waals surface area (Å²) < 4.78 is 26.5. The van der Waals surface area contributed by atoms with E-state index in [9.17, 15) is 8.42 Å². The van der Waals surface area contributed by atoms with Gasteiger partial charge in [-0.3, -0.25) is 0 Å². The fraction of sp³-hybridized carbons (Fsp3) is 1.00. The van der Waals surface area contributed by atoms with Gasteiger partial charge in [-0.2, -0.15) is 0 Å². The maximum absolute atomic E-state index is 11.9. The zero-order chi connectivity index (χ0) is 12.2. The molecule has 0 radical (unpaired) electrons. The Kier molecular flexibility index (Phi) is 4.76. The van der Waals surface area contributed by atoms with Crippen LogP contribution in [0.25, 0.3) is 0 Å². The quantitative estimate of drug-likeness (QED) is 0.676. The number of sulfonamides is 1. The number of hydrogen-bond donors (Lipinski definition) is 2. The largest absolute Gasteiger partial charge is 0.316 e. The third kappa shape index (κ3) is 3.71. The van der Waals surface area contributed by atoms with E-state index in [0.717, 1.165) is 25.8 Å². The molecule has 1 atom stereocenters. The van der Waals surface area contributed by atoms with E-state index in [1.807, 2.05) is 6.92 Å². The molecule has 5 heteroatoms. The van der Waals surface area contributed by atoms with Crippen molar-refractivity contribution in [3.8, 4) is 0 Å². The van der Waals surface area contributed by atoms with Crippen molar-refractivity contribution in [3.05, 3.63) is 0 Å². The Hall–Kier alpha value is -0.130. The molecule has 4 nitrogen and oxygen atoms in total. The Morgan fingerprint density at radius 3 is 2.38 bits per heavy atom. The van der Waals surface area contributed by atoms with E-state index in [1.54, 1.807) is 6.92 Å². The van der Waals surface area contributed by atoms with Gasteiger partial charge in [-0.1, -0.05) is 13.8 Å². The summed E-state index contributed by atoms with van der Waals surface area (Å²) in [6.07, 6.45) is 3.39. The number of nitrogens with one attached hydrogen (secondary N) is 2. The molecule has 16 heavy (non-hydrogen) atoms. The zero-order valence-electron chi connectivity index (χ0n) is 10.5. The molecule has 1 saturated carbocycles. The predicted octanol–water partition coefficient (Wildman–Crippen LogP) is 1.09. The van der Waals surface area contributed by atoms with Gasteiger partial charge in [0.15, 0.2) is 0 Å². The highest BCUT2D eigenvalue weighted by atomic mass is 32.2. The second-order valence-corrected chi connectivity index (χ2v) is 7.02. The molecule has 2 N–H and O–H groups in total. The van der Waals surface area contributed by atoms with E-state index in [2.05, 4.69) is 17.0 Å². The summed E-state index contributed by atoms with van der Waals surface area (Å²) in [4.78, 5) is 0. The van der Waals surface area contributed by atoms with Gasteiger partial charge in [0.2, 0.25) is 10.0 Å². The van der Waals surface area contributed by atoms with Crippen molar-refractivity contribution in [2.75, 3.05) is 19.6 Å². The first-order chi connectivity index (χ1) is 7.46. The lowest BCUT2D eigenvalue weighted by Crippen LogP contribution is -2.41. The summed E-state index contributed by atoms with van der Waals surface area (Å²) in [5.41, 5.74) is 0.269. The van der Waals surface area contributed by atoms with E-state index in [1.165, 1.54) is 0 Å². The Morgan fingerprint density at radius 2 is 1.94 bits per heavy atom. The molecule has 1 rings (SSSR count). The van der Waals surface area contributed by atoms with Gasteiger partial charge in [-0.25, -0.2) is 13.1 Å². The van der Waals surface area contributed by atoms with Crippen LogP contribution in [0, 0.1) is 5.41 Å². The molecule has 1 aliphatic carbocycles. The summed E-state index contributed by atoms with van der Waals surface area (Å²) in [6, 6.07) is 0. The van der Waals surface area contributed by atoms with Crippen molar-refractivity contribution in [2.45, 2.75) is 45.3 Å². The van der Waals surface area contributed by atoms with Crippen molar-refractivity contribution in [2.24, 2.45) is 5.41 Å². The van der Waals surface area contributed by atoms with Crippen LogP contribution in [0.1, 0.15) is 40.0 Å². The average molecular weight is 248 g/mol. The Morgan fingerprint density at radius 1 is 1.31 bits per heavy atom. The van der Waals surface area contributed by atoms with Crippen molar-refractivity contribution in [3.63, 3.8) is 0 Å². The lowest BCUT2D eigenvalue weighted by Gasteiger charge is -2.17. The number of rotatable bonds is 8. The molecule has 1 unspecified atom stereocenters. The summed E-state index contributed by atoms with van der Waals surface area (Å²) >= 11 is 0. The minimum atomic E-state index is -3.15. The van der Waals surface area contributed by atoms with E-state index < -0.39 is 10.0 Å². The molecule has 0 aromatic heterocycles. The van der Waals surface area contributed by atoms with Crippen LogP contribution < -0.4 is 10.0 Å². The normalized spacial score (nSPS) is 20.7. The monoisotopic (exact) mass is 248 g/mol. The summed E-state index contributed by atoms with van der Waals surface area (Å²) in [5, 5.41) is 2.70. The van der Waals surface area contributed by atoms with Crippen molar-refractivity contribution < 1.29 is 8.42 Å². The molecule has 1 fully saturated rings. The van der Waals surface area contributed by atoms with E-state index in [0.29, 0.717) is 13.1 Å². The zero-order valence-corrected chi connectivity index (χ0v) is 11.4. The maximum Gasteiger partial charge on any atom is 0.215 e. The molecule has 0 bridgehead atoms. The second-order valence-electron chi connectivity index (χ2n) is 4.84. The highest BCUT2D eigenvalue weighted by molar-refractivity contribution is 7.90. The van der Waals surface area contributed by atoms with Crippen LogP contribution in [0.5, 0.6) is 0 Å². The lowest BCUT2D eigenvalue weighted by atomic mass is 10.1. The van der Waals surface area contributed by atoms with Gasteiger partial charge >= 0.3 is 0 Å². The Bertz CT molecular complexity index is 310. The minimum absolute atomic E-state index is 0.269. The molecular formula is C11H24N2O2S. The van der Waals surface area contributed by atoms with Crippen LogP contribution >= 0.6 is 0 Å². The fourth-order valence-corrected chi connectivity index (χ4v) is 2.81. The standard InChI is InChI=1S/C11H24N2O2S/c1-4-11(6-7-11)9-13-16(14,15)10(3)8-12-5-2/h10,12-13H,4-9H2,1-3H3. The third-order valence-corrected chi connectivity index (χ3v) is 5.34. The smallest absolute Gasteiger partial charge is 0.215 e. The molecule has 0 aliphatic heterocycles. The van der Waals surface area contributed by atoms with Gasteiger partial charge in [0.1, 0.15) is 0 Å². The van der Waals surface area contributed by atoms with Crippen LogP contribution in [0.4, 0.5) is 0 Å². The molecule has 0 spiro atoms. The highest BCUT2D eigenvalue weighted by Crippen LogP contribution is 2.47. The maximum atomic E-state index is 11.9. The summed E-state index contributed by atoms with van der Waals surface area (Å²) in [6.45, 7) is 7.79. The molecule has 96 valence electrons. The van der Waals surface area contributed by atoms with Gasteiger partial charge in [0, 0.05) is 13.1 Å². The van der Waals surface area contributed by atoms with Gasteiger partial charge < -0.3 is 5.32 Å². The van der Waals surface area contributed by atoms with Crippen LogP contribution in [0.3, 0.4) is 0 Å². The van der Waals surface area contributed by atoms with Crippen molar-refractivity contribution in [1.82, 2.24) is 10.0 Å². The first-order valence-electron chi connectivity index (χ1n) is 6.15. The van der Waals surface area contributed by atoms with Crippen LogP contribution in [-0.4, -0.2) is 33.3 Å². The first-order valence-corrected chi connectivity index (χ1v) is 7.69. The predicted molar refractivity (Wildman–Crippen MR) is 66.9 cm³/mol. The van der Waals surface area contributed by atoms with Crippen LogP contribution in [-0.2, 0) is 10.0 Å². The highest BCUT2D eigenvalue weighted by Gasteiger charge is 2.41. The molecule has 0 aromatic carbocycles. The number of hydrogen-bond acceptors (Lipinski definition) is 3. The Labute approximate surface area is 99.2 Å². The summed E-state index contributed by atoms with van der Waals surface area (Å²) in [5.74, 6) is 0. The minimum Gasteiger partial charge on any atom is -0.316 e. The molecular weight excluding hydrogens is 224 g/mol.